The van der Waals surface area contributed by atoms with E-state index in [9.17, 15) is 9.18 Å². The maximum atomic E-state index is 12.7. The third-order valence-corrected chi connectivity index (χ3v) is 2.82. The molecule has 0 bridgehead atoms. The largest absolute Gasteiger partial charge is 0.350 e. The predicted octanol–water partition coefficient (Wildman–Crippen LogP) is 2.19. The quantitative estimate of drug-likeness (QED) is 0.837. The van der Waals surface area contributed by atoms with Crippen molar-refractivity contribution in [3.05, 3.63) is 53.6 Å². The van der Waals surface area contributed by atoms with E-state index >= 15 is 0 Å². The molecule has 0 aliphatic carbocycles. The molecule has 5 heteroatoms. The second-order valence-corrected chi connectivity index (χ2v) is 4.34. The van der Waals surface area contributed by atoms with E-state index in [2.05, 4.69) is 15.5 Å². The number of benzene rings is 1. The number of amides is 1. The standard InChI is InChI=1S/C14H16FN3O/c15-12-6-4-11(5-7-12)2-1-3-14(19)16-10-13-8-9-17-18-13/h4-9H,1-3,10H2,(H,16,19)(H,17,18). The number of aromatic amines is 1. The maximum absolute atomic E-state index is 12.7. The highest BCUT2D eigenvalue weighted by Gasteiger charge is 2.02. The lowest BCUT2D eigenvalue weighted by Gasteiger charge is -2.04. The Morgan fingerprint density at radius 3 is 2.74 bits per heavy atom. The Balaban J connectivity index is 1.65. The minimum absolute atomic E-state index is 0.0108. The van der Waals surface area contributed by atoms with Gasteiger partial charge in [0.1, 0.15) is 5.82 Å². The summed E-state index contributed by atoms with van der Waals surface area (Å²) in [6, 6.07) is 8.19. The highest BCUT2D eigenvalue weighted by Crippen LogP contribution is 2.06. The molecule has 1 aromatic carbocycles. The number of carbonyl (C=O) groups excluding carboxylic acids is 1. The fourth-order valence-electron chi connectivity index (χ4n) is 1.77. The van der Waals surface area contributed by atoms with E-state index in [1.807, 2.05) is 6.07 Å². The number of aryl methyl sites for hydroxylation is 1. The topological polar surface area (TPSA) is 57.8 Å². The van der Waals surface area contributed by atoms with Gasteiger partial charge in [0.05, 0.1) is 12.2 Å². The summed E-state index contributed by atoms with van der Waals surface area (Å²) in [5.74, 6) is -0.224. The van der Waals surface area contributed by atoms with Gasteiger partial charge >= 0.3 is 0 Å². The van der Waals surface area contributed by atoms with E-state index < -0.39 is 0 Å². The molecular weight excluding hydrogens is 245 g/mol. The predicted molar refractivity (Wildman–Crippen MR) is 69.8 cm³/mol. The summed E-state index contributed by atoms with van der Waals surface area (Å²) < 4.78 is 12.7. The van der Waals surface area contributed by atoms with E-state index in [0.29, 0.717) is 13.0 Å². The van der Waals surface area contributed by atoms with Gasteiger partial charge in [-0.25, -0.2) is 4.39 Å². The van der Waals surface area contributed by atoms with Gasteiger partial charge in [-0.15, -0.1) is 0 Å². The van der Waals surface area contributed by atoms with Gasteiger partial charge in [0.2, 0.25) is 5.91 Å². The fourth-order valence-corrected chi connectivity index (χ4v) is 1.77. The van der Waals surface area contributed by atoms with Crippen LogP contribution in [0.3, 0.4) is 0 Å². The molecule has 1 amide bonds. The summed E-state index contributed by atoms with van der Waals surface area (Å²) in [6.45, 7) is 0.468. The first-order chi connectivity index (χ1) is 9.24. The van der Waals surface area contributed by atoms with Gasteiger partial charge < -0.3 is 5.32 Å². The minimum atomic E-state index is -0.235. The first-order valence-corrected chi connectivity index (χ1v) is 6.23. The van der Waals surface area contributed by atoms with Crippen molar-refractivity contribution in [3.63, 3.8) is 0 Å². The summed E-state index contributed by atoms with van der Waals surface area (Å²) >= 11 is 0. The lowest BCUT2D eigenvalue weighted by atomic mass is 10.1. The molecule has 0 aliphatic rings. The van der Waals surface area contributed by atoms with Crippen LogP contribution in [-0.4, -0.2) is 16.1 Å². The van der Waals surface area contributed by atoms with Crippen molar-refractivity contribution in [1.82, 2.24) is 15.5 Å². The molecule has 0 fully saturated rings. The van der Waals surface area contributed by atoms with Gasteiger partial charge in [-0.1, -0.05) is 12.1 Å². The molecule has 0 aliphatic heterocycles. The Morgan fingerprint density at radius 2 is 2.05 bits per heavy atom. The molecule has 100 valence electrons. The molecule has 0 spiro atoms. The molecule has 2 rings (SSSR count). The molecule has 19 heavy (non-hydrogen) atoms. The van der Waals surface area contributed by atoms with E-state index in [1.54, 1.807) is 18.3 Å². The zero-order valence-corrected chi connectivity index (χ0v) is 10.5. The van der Waals surface area contributed by atoms with Crippen LogP contribution < -0.4 is 5.32 Å². The van der Waals surface area contributed by atoms with Crippen molar-refractivity contribution < 1.29 is 9.18 Å². The van der Waals surface area contributed by atoms with Gasteiger partial charge in [-0.05, 0) is 36.6 Å². The van der Waals surface area contributed by atoms with Gasteiger partial charge in [-0.3, -0.25) is 9.89 Å². The van der Waals surface area contributed by atoms with Crippen LogP contribution in [0.4, 0.5) is 4.39 Å². The number of aromatic nitrogens is 2. The van der Waals surface area contributed by atoms with Gasteiger partial charge in [0, 0.05) is 12.6 Å². The van der Waals surface area contributed by atoms with Crippen molar-refractivity contribution >= 4 is 5.91 Å². The number of rotatable bonds is 6. The molecule has 0 saturated carbocycles. The zero-order chi connectivity index (χ0) is 13.5. The Labute approximate surface area is 111 Å². The van der Waals surface area contributed by atoms with Crippen molar-refractivity contribution in [2.45, 2.75) is 25.8 Å². The van der Waals surface area contributed by atoms with Crippen LogP contribution in [0.5, 0.6) is 0 Å². The third-order valence-electron chi connectivity index (χ3n) is 2.82. The Hall–Kier alpha value is -2.17. The number of nitrogens with zero attached hydrogens (tertiary/aromatic N) is 1. The van der Waals surface area contributed by atoms with Crippen LogP contribution in [0.2, 0.25) is 0 Å². The van der Waals surface area contributed by atoms with Crippen LogP contribution in [0, 0.1) is 5.82 Å². The third kappa shape index (κ3) is 4.54. The first kappa shape index (κ1) is 13.3. The number of carbonyl (C=O) groups is 1. The summed E-state index contributed by atoms with van der Waals surface area (Å²) in [5.41, 5.74) is 1.93. The highest BCUT2D eigenvalue weighted by molar-refractivity contribution is 5.75. The summed E-state index contributed by atoms with van der Waals surface area (Å²) in [6.07, 6.45) is 3.64. The average molecular weight is 261 g/mol. The van der Waals surface area contributed by atoms with Gasteiger partial charge in [-0.2, -0.15) is 5.10 Å². The van der Waals surface area contributed by atoms with Crippen molar-refractivity contribution in [3.8, 4) is 0 Å². The first-order valence-electron chi connectivity index (χ1n) is 6.23. The average Bonchev–Trinajstić information content (AvgIpc) is 2.92. The monoisotopic (exact) mass is 261 g/mol. The van der Waals surface area contributed by atoms with Crippen LogP contribution in [0.1, 0.15) is 24.1 Å². The van der Waals surface area contributed by atoms with E-state index in [-0.39, 0.29) is 11.7 Å². The molecule has 2 aromatic rings. The number of nitrogens with one attached hydrogen (secondary N) is 2. The molecule has 2 N–H and O–H groups in total. The fraction of sp³-hybridized carbons (Fsp3) is 0.286. The second-order valence-electron chi connectivity index (χ2n) is 4.34. The SMILES string of the molecule is O=C(CCCc1ccc(F)cc1)NCc1ccn[nH]1. The van der Waals surface area contributed by atoms with Crippen LogP contribution in [0.25, 0.3) is 0 Å². The van der Waals surface area contributed by atoms with Crippen LogP contribution >= 0.6 is 0 Å². The van der Waals surface area contributed by atoms with E-state index in [1.165, 1.54) is 12.1 Å². The molecule has 0 saturated heterocycles. The molecular formula is C14H16FN3O. The second kappa shape index (κ2) is 6.68. The molecule has 1 heterocycles. The molecule has 0 unspecified atom stereocenters. The Bertz CT molecular complexity index is 508. The van der Waals surface area contributed by atoms with Gasteiger partial charge in [0.15, 0.2) is 0 Å². The summed E-state index contributed by atoms with van der Waals surface area (Å²) in [7, 11) is 0. The number of hydrogen-bond acceptors (Lipinski definition) is 2. The minimum Gasteiger partial charge on any atom is -0.350 e. The smallest absolute Gasteiger partial charge is 0.220 e. The number of hydrogen-bond donors (Lipinski definition) is 2. The van der Waals surface area contributed by atoms with Crippen molar-refractivity contribution in [1.29, 1.82) is 0 Å². The Morgan fingerprint density at radius 1 is 1.26 bits per heavy atom. The van der Waals surface area contributed by atoms with Crippen molar-refractivity contribution in [2.24, 2.45) is 0 Å². The molecule has 1 aromatic heterocycles. The van der Waals surface area contributed by atoms with E-state index in [4.69, 9.17) is 0 Å². The molecule has 0 atom stereocenters. The normalized spacial score (nSPS) is 10.4. The number of halogens is 1. The highest BCUT2D eigenvalue weighted by atomic mass is 19.1. The molecule has 4 nitrogen and oxygen atoms in total. The molecule has 0 radical (unpaired) electrons. The van der Waals surface area contributed by atoms with Crippen LogP contribution in [-0.2, 0) is 17.8 Å². The summed E-state index contributed by atoms with van der Waals surface area (Å²) in [4.78, 5) is 11.6. The lowest BCUT2D eigenvalue weighted by molar-refractivity contribution is -0.121. The summed E-state index contributed by atoms with van der Waals surface area (Å²) in [5, 5.41) is 9.39. The Kier molecular flexibility index (Phi) is 4.66. The number of H-pyrrole nitrogens is 1. The lowest BCUT2D eigenvalue weighted by Crippen LogP contribution is -2.22. The van der Waals surface area contributed by atoms with Gasteiger partial charge in [0.25, 0.3) is 0 Å². The zero-order valence-electron chi connectivity index (χ0n) is 10.5. The van der Waals surface area contributed by atoms with E-state index in [0.717, 1.165) is 24.1 Å². The maximum Gasteiger partial charge on any atom is 0.220 e. The van der Waals surface area contributed by atoms with Crippen LogP contribution in [0.15, 0.2) is 36.5 Å². The van der Waals surface area contributed by atoms with Crippen molar-refractivity contribution in [2.75, 3.05) is 0 Å².